The molecule has 0 heterocycles. The van der Waals surface area contributed by atoms with Crippen LogP contribution in [0.25, 0.3) is 0 Å². The van der Waals surface area contributed by atoms with Gasteiger partial charge in [0.2, 0.25) is 0 Å². The average Bonchev–Trinajstić information content (AvgIpc) is 2.98. The Kier molecular flexibility index (Phi) is 5.44. The van der Waals surface area contributed by atoms with Crippen molar-refractivity contribution in [3.05, 3.63) is 29.3 Å². The number of amides is 2. The van der Waals surface area contributed by atoms with Crippen LogP contribution in [0, 0.1) is 0 Å². The number of esters is 1. The molecular weight excluding hydrogens is 292 g/mol. The van der Waals surface area contributed by atoms with Crippen molar-refractivity contribution in [3.63, 3.8) is 0 Å². The molecule has 5 nitrogen and oxygen atoms in total. The van der Waals surface area contributed by atoms with E-state index in [2.05, 4.69) is 10.1 Å². The molecule has 1 aliphatic rings. The SMILES string of the molecule is COC(=O)CN(C(=O)Nc1cccc(Cl)c1)C1CCCC1. The molecule has 1 fully saturated rings. The van der Waals surface area contributed by atoms with Crippen LogP contribution in [-0.4, -0.2) is 36.6 Å². The first-order valence-corrected chi connectivity index (χ1v) is 7.38. The van der Waals surface area contributed by atoms with Crippen LogP contribution < -0.4 is 5.32 Å². The molecule has 0 unspecified atom stereocenters. The zero-order chi connectivity index (χ0) is 15.2. The van der Waals surface area contributed by atoms with Crippen molar-refractivity contribution < 1.29 is 14.3 Å². The van der Waals surface area contributed by atoms with Gasteiger partial charge in [0, 0.05) is 16.8 Å². The second-order valence-electron chi connectivity index (χ2n) is 5.08. The number of halogens is 1. The van der Waals surface area contributed by atoms with Gasteiger partial charge in [-0.3, -0.25) is 4.79 Å². The lowest BCUT2D eigenvalue weighted by Crippen LogP contribution is -2.44. The number of urea groups is 1. The fourth-order valence-corrected chi connectivity index (χ4v) is 2.74. The summed E-state index contributed by atoms with van der Waals surface area (Å²) >= 11 is 5.90. The number of carbonyl (C=O) groups excluding carboxylic acids is 2. The van der Waals surface area contributed by atoms with Gasteiger partial charge in [0.25, 0.3) is 0 Å². The molecule has 1 aliphatic carbocycles. The lowest BCUT2D eigenvalue weighted by molar-refractivity contribution is -0.141. The third-order valence-electron chi connectivity index (χ3n) is 3.63. The van der Waals surface area contributed by atoms with E-state index in [0.717, 1.165) is 25.7 Å². The molecule has 1 aromatic carbocycles. The number of hydrogen-bond donors (Lipinski definition) is 1. The molecule has 0 bridgehead atoms. The Morgan fingerprint density at radius 3 is 2.71 bits per heavy atom. The molecule has 21 heavy (non-hydrogen) atoms. The number of hydrogen-bond acceptors (Lipinski definition) is 3. The molecule has 0 radical (unpaired) electrons. The molecule has 2 amide bonds. The van der Waals surface area contributed by atoms with Gasteiger partial charge in [-0.25, -0.2) is 4.79 Å². The second-order valence-corrected chi connectivity index (χ2v) is 5.52. The number of rotatable bonds is 4. The molecule has 1 aromatic rings. The van der Waals surface area contributed by atoms with Crippen molar-refractivity contribution in [2.75, 3.05) is 19.0 Å². The van der Waals surface area contributed by atoms with Crippen LogP contribution >= 0.6 is 11.6 Å². The summed E-state index contributed by atoms with van der Waals surface area (Å²) in [5, 5.41) is 3.33. The van der Waals surface area contributed by atoms with Gasteiger partial charge in [-0.2, -0.15) is 0 Å². The summed E-state index contributed by atoms with van der Waals surface area (Å²) in [6.07, 6.45) is 3.99. The van der Waals surface area contributed by atoms with Crippen molar-refractivity contribution in [2.45, 2.75) is 31.7 Å². The van der Waals surface area contributed by atoms with Gasteiger partial charge >= 0.3 is 12.0 Å². The first kappa shape index (κ1) is 15.6. The summed E-state index contributed by atoms with van der Waals surface area (Å²) in [5.41, 5.74) is 0.611. The first-order chi connectivity index (χ1) is 10.1. The number of nitrogens with one attached hydrogen (secondary N) is 1. The van der Waals surface area contributed by atoms with E-state index in [-0.39, 0.29) is 18.6 Å². The number of anilines is 1. The second kappa shape index (κ2) is 7.31. The summed E-state index contributed by atoms with van der Waals surface area (Å²) in [6, 6.07) is 6.72. The maximum Gasteiger partial charge on any atom is 0.325 e. The van der Waals surface area contributed by atoms with Crippen molar-refractivity contribution >= 4 is 29.3 Å². The average molecular weight is 311 g/mol. The van der Waals surface area contributed by atoms with Gasteiger partial charge in [0.05, 0.1) is 7.11 Å². The minimum atomic E-state index is -0.414. The summed E-state index contributed by atoms with van der Waals surface area (Å²) in [4.78, 5) is 25.5. The molecule has 114 valence electrons. The Labute approximate surface area is 129 Å². The summed E-state index contributed by atoms with van der Waals surface area (Å²) in [6.45, 7) is -0.0342. The molecule has 0 spiro atoms. The maximum absolute atomic E-state index is 12.4. The number of benzene rings is 1. The Hall–Kier alpha value is -1.75. The van der Waals surface area contributed by atoms with Crippen LogP contribution in [0.3, 0.4) is 0 Å². The molecule has 0 aliphatic heterocycles. The standard InChI is InChI=1S/C15H19ClN2O3/c1-21-14(19)10-18(13-7-2-3-8-13)15(20)17-12-6-4-5-11(16)9-12/h4-6,9,13H,2-3,7-8,10H2,1H3,(H,17,20). The van der Waals surface area contributed by atoms with Gasteiger partial charge in [-0.1, -0.05) is 30.5 Å². The lowest BCUT2D eigenvalue weighted by Gasteiger charge is -2.28. The maximum atomic E-state index is 12.4. The highest BCUT2D eigenvalue weighted by molar-refractivity contribution is 6.30. The third-order valence-corrected chi connectivity index (χ3v) is 3.86. The van der Waals surface area contributed by atoms with E-state index >= 15 is 0 Å². The van der Waals surface area contributed by atoms with Crippen molar-refractivity contribution in [3.8, 4) is 0 Å². The van der Waals surface area contributed by atoms with Gasteiger partial charge in [-0.15, -0.1) is 0 Å². The van der Waals surface area contributed by atoms with Gasteiger partial charge in [0.1, 0.15) is 6.54 Å². The molecule has 6 heteroatoms. The minimum Gasteiger partial charge on any atom is -0.468 e. The smallest absolute Gasteiger partial charge is 0.325 e. The van der Waals surface area contributed by atoms with E-state index in [4.69, 9.17) is 11.6 Å². The highest BCUT2D eigenvalue weighted by Crippen LogP contribution is 2.24. The molecule has 1 saturated carbocycles. The third kappa shape index (κ3) is 4.36. The zero-order valence-electron chi connectivity index (χ0n) is 12.0. The minimum absolute atomic E-state index is 0.0342. The van der Waals surface area contributed by atoms with Gasteiger partial charge in [-0.05, 0) is 31.0 Å². The first-order valence-electron chi connectivity index (χ1n) is 7.00. The summed E-state index contributed by atoms with van der Waals surface area (Å²) in [7, 11) is 1.32. The number of methoxy groups -OCH3 is 1. The fourth-order valence-electron chi connectivity index (χ4n) is 2.55. The summed E-state index contributed by atoms with van der Waals surface area (Å²) in [5.74, 6) is -0.414. The monoisotopic (exact) mass is 310 g/mol. The van der Waals surface area contributed by atoms with Crippen LogP contribution in [-0.2, 0) is 9.53 Å². The van der Waals surface area contributed by atoms with Crippen LogP contribution in [0.4, 0.5) is 10.5 Å². The number of carbonyl (C=O) groups is 2. The van der Waals surface area contributed by atoms with E-state index in [9.17, 15) is 9.59 Å². The quantitative estimate of drug-likeness (QED) is 0.868. The van der Waals surface area contributed by atoms with Gasteiger partial charge in [0.15, 0.2) is 0 Å². The zero-order valence-corrected chi connectivity index (χ0v) is 12.7. The van der Waals surface area contributed by atoms with Crippen LogP contribution in [0.5, 0.6) is 0 Å². The fraction of sp³-hybridized carbons (Fsp3) is 0.467. The van der Waals surface area contributed by atoms with E-state index in [0.29, 0.717) is 10.7 Å². The van der Waals surface area contributed by atoms with E-state index in [1.165, 1.54) is 7.11 Å². The number of nitrogens with zero attached hydrogens (tertiary/aromatic N) is 1. The molecule has 0 atom stereocenters. The van der Waals surface area contributed by atoms with Crippen molar-refractivity contribution in [1.29, 1.82) is 0 Å². The Balaban J connectivity index is 2.07. The van der Waals surface area contributed by atoms with Crippen LogP contribution in [0.1, 0.15) is 25.7 Å². The topological polar surface area (TPSA) is 58.6 Å². The molecule has 2 rings (SSSR count). The van der Waals surface area contributed by atoms with Crippen LogP contribution in [0.2, 0.25) is 5.02 Å². The summed E-state index contributed by atoms with van der Waals surface area (Å²) < 4.78 is 4.68. The predicted octanol–water partition coefficient (Wildman–Crippen LogP) is 3.29. The van der Waals surface area contributed by atoms with Crippen molar-refractivity contribution in [1.82, 2.24) is 4.90 Å². The Bertz CT molecular complexity index is 515. The number of ether oxygens (including phenoxy) is 1. The Morgan fingerprint density at radius 2 is 2.10 bits per heavy atom. The highest BCUT2D eigenvalue weighted by Gasteiger charge is 2.28. The molecular formula is C15H19ClN2O3. The molecule has 0 aromatic heterocycles. The predicted molar refractivity (Wildman–Crippen MR) is 81.4 cm³/mol. The Morgan fingerprint density at radius 1 is 1.38 bits per heavy atom. The largest absolute Gasteiger partial charge is 0.468 e. The van der Waals surface area contributed by atoms with E-state index in [1.54, 1.807) is 29.2 Å². The van der Waals surface area contributed by atoms with E-state index in [1.807, 2.05) is 0 Å². The highest BCUT2D eigenvalue weighted by atomic mass is 35.5. The normalized spacial score (nSPS) is 14.8. The molecule has 1 N–H and O–H groups in total. The van der Waals surface area contributed by atoms with E-state index < -0.39 is 5.97 Å². The lowest BCUT2D eigenvalue weighted by atomic mass is 10.2. The van der Waals surface area contributed by atoms with Crippen molar-refractivity contribution in [2.24, 2.45) is 0 Å². The van der Waals surface area contributed by atoms with Crippen LogP contribution in [0.15, 0.2) is 24.3 Å². The van der Waals surface area contributed by atoms with Gasteiger partial charge < -0.3 is 15.0 Å². The molecule has 0 saturated heterocycles.